The summed E-state index contributed by atoms with van der Waals surface area (Å²) in [4.78, 5) is 25.1. The van der Waals surface area contributed by atoms with Gasteiger partial charge in [-0.25, -0.2) is 4.39 Å². The first-order valence-corrected chi connectivity index (χ1v) is 6.45. The Morgan fingerprint density at radius 3 is 2.55 bits per heavy atom. The molecule has 0 radical (unpaired) electrons. The van der Waals surface area contributed by atoms with E-state index in [1.807, 2.05) is 19.0 Å². The summed E-state index contributed by atoms with van der Waals surface area (Å²) in [5.41, 5.74) is 0.0814. The van der Waals surface area contributed by atoms with Gasteiger partial charge in [0.05, 0.1) is 5.69 Å². The van der Waals surface area contributed by atoms with Gasteiger partial charge in [-0.15, -0.1) is 0 Å². The van der Waals surface area contributed by atoms with Gasteiger partial charge in [0.2, 0.25) is 11.8 Å². The summed E-state index contributed by atoms with van der Waals surface area (Å²) in [6.45, 7) is 1.38. The largest absolute Gasteiger partial charge is 0.356 e. The van der Waals surface area contributed by atoms with Crippen molar-refractivity contribution in [2.45, 2.75) is 12.8 Å². The minimum absolute atomic E-state index is 0.0814. The Balaban J connectivity index is 2.28. The fourth-order valence-corrected chi connectivity index (χ4v) is 1.59. The van der Waals surface area contributed by atoms with Crippen LogP contribution in [0.2, 0.25) is 0 Å². The summed E-state index contributed by atoms with van der Waals surface area (Å²) in [7, 11) is 3.90. The molecule has 110 valence electrons. The first-order chi connectivity index (χ1) is 9.49. The third kappa shape index (κ3) is 6.29. The Hall–Kier alpha value is -1.95. The molecular formula is C14H20FN3O2. The third-order valence-electron chi connectivity index (χ3n) is 2.57. The number of hydrogen-bond donors (Lipinski definition) is 2. The predicted molar refractivity (Wildman–Crippen MR) is 75.8 cm³/mol. The number of anilines is 1. The Labute approximate surface area is 118 Å². The quantitative estimate of drug-likeness (QED) is 0.583. The topological polar surface area (TPSA) is 61.4 Å². The monoisotopic (exact) mass is 281 g/mol. The zero-order valence-corrected chi connectivity index (χ0v) is 11.8. The van der Waals surface area contributed by atoms with Crippen molar-refractivity contribution in [2.24, 2.45) is 0 Å². The van der Waals surface area contributed by atoms with Crippen molar-refractivity contribution in [3.63, 3.8) is 0 Å². The van der Waals surface area contributed by atoms with Crippen molar-refractivity contribution in [3.8, 4) is 0 Å². The van der Waals surface area contributed by atoms with E-state index in [4.69, 9.17) is 0 Å². The van der Waals surface area contributed by atoms with E-state index in [-0.39, 0.29) is 18.0 Å². The Bertz CT molecular complexity index is 463. The fraction of sp³-hybridized carbons (Fsp3) is 0.429. The molecule has 0 fully saturated rings. The summed E-state index contributed by atoms with van der Waals surface area (Å²) in [5.74, 6) is -1.41. The van der Waals surface area contributed by atoms with Gasteiger partial charge in [0.1, 0.15) is 12.2 Å². The van der Waals surface area contributed by atoms with Crippen LogP contribution in [0.5, 0.6) is 0 Å². The van der Waals surface area contributed by atoms with Gasteiger partial charge in [-0.2, -0.15) is 0 Å². The lowest BCUT2D eigenvalue weighted by Crippen LogP contribution is -2.30. The number of nitrogens with one attached hydrogen (secondary N) is 2. The molecule has 20 heavy (non-hydrogen) atoms. The molecule has 0 saturated carbocycles. The van der Waals surface area contributed by atoms with Crippen LogP contribution in [0.15, 0.2) is 24.3 Å². The van der Waals surface area contributed by atoms with E-state index in [2.05, 4.69) is 10.6 Å². The summed E-state index contributed by atoms with van der Waals surface area (Å²) in [5, 5.41) is 5.02. The number of halogens is 1. The number of carbonyl (C=O) groups is 2. The van der Waals surface area contributed by atoms with Crippen LogP contribution in [-0.2, 0) is 9.59 Å². The molecule has 0 heterocycles. The van der Waals surface area contributed by atoms with Crippen LogP contribution in [0, 0.1) is 5.82 Å². The molecule has 5 nitrogen and oxygen atoms in total. The maximum atomic E-state index is 13.3. The molecule has 2 amide bonds. The van der Waals surface area contributed by atoms with Crippen molar-refractivity contribution in [3.05, 3.63) is 30.1 Å². The molecule has 0 aromatic heterocycles. The van der Waals surface area contributed by atoms with Gasteiger partial charge in [-0.1, -0.05) is 12.1 Å². The summed E-state index contributed by atoms with van der Waals surface area (Å²) in [6.07, 6.45) is 0.504. The van der Waals surface area contributed by atoms with Gasteiger partial charge in [-0.3, -0.25) is 9.59 Å². The number of benzene rings is 1. The molecule has 0 aliphatic rings. The van der Waals surface area contributed by atoms with Gasteiger partial charge < -0.3 is 15.5 Å². The predicted octanol–water partition coefficient (Wildman–Crippen LogP) is 1.22. The van der Waals surface area contributed by atoms with E-state index in [0.717, 1.165) is 13.0 Å². The zero-order valence-electron chi connectivity index (χ0n) is 11.8. The molecule has 0 atom stereocenters. The SMILES string of the molecule is CN(C)CCCNC(=O)CC(=O)Nc1ccccc1F. The summed E-state index contributed by atoms with van der Waals surface area (Å²) in [6, 6.07) is 5.83. The van der Waals surface area contributed by atoms with Crippen molar-refractivity contribution < 1.29 is 14.0 Å². The zero-order chi connectivity index (χ0) is 15.0. The molecular weight excluding hydrogens is 261 g/mol. The lowest BCUT2D eigenvalue weighted by molar-refractivity contribution is -0.126. The first-order valence-electron chi connectivity index (χ1n) is 6.45. The molecule has 0 aliphatic heterocycles. The van der Waals surface area contributed by atoms with Gasteiger partial charge in [0, 0.05) is 6.54 Å². The van der Waals surface area contributed by atoms with Crippen LogP contribution in [0.1, 0.15) is 12.8 Å². The van der Waals surface area contributed by atoms with E-state index < -0.39 is 11.7 Å². The van der Waals surface area contributed by atoms with Gasteiger partial charge in [0.15, 0.2) is 0 Å². The molecule has 0 saturated heterocycles. The molecule has 6 heteroatoms. The van der Waals surface area contributed by atoms with Crippen molar-refractivity contribution in [1.29, 1.82) is 0 Å². The number of carbonyl (C=O) groups excluding carboxylic acids is 2. The molecule has 2 N–H and O–H groups in total. The second-order valence-electron chi connectivity index (χ2n) is 4.71. The molecule has 0 bridgehead atoms. The first kappa shape index (κ1) is 16.1. The highest BCUT2D eigenvalue weighted by molar-refractivity contribution is 6.03. The van der Waals surface area contributed by atoms with E-state index in [9.17, 15) is 14.0 Å². The molecule has 1 aromatic carbocycles. The number of para-hydroxylation sites is 1. The van der Waals surface area contributed by atoms with Crippen molar-refractivity contribution >= 4 is 17.5 Å². The molecule has 0 unspecified atom stereocenters. The van der Waals surface area contributed by atoms with Crippen molar-refractivity contribution in [1.82, 2.24) is 10.2 Å². The van der Waals surface area contributed by atoms with E-state index >= 15 is 0 Å². The second-order valence-corrected chi connectivity index (χ2v) is 4.71. The normalized spacial score (nSPS) is 10.4. The minimum Gasteiger partial charge on any atom is -0.356 e. The van der Waals surface area contributed by atoms with E-state index in [1.54, 1.807) is 6.07 Å². The Kier molecular flexibility index (Phi) is 6.66. The number of nitrogens with zero attached hydrogens (tertiary/aromatic N) is 1. The summed E-state index contributed by atoms with van der Waals surface area (Å²) >= 11 is 0. The standard InChI is InChI=1S/C14H20FN3O2/c1-18(2)9-5-8-16-13(19)10-14(20)17-12-7-4-3-6-11(12)15/h3-4,6-7H,5,8-10H2,1-2H3,(H,16,19)(H,17,20). The van der Waals surface area contributed by atoms with Crippen LogP contribution in [-0.4, -0.2) is 43.9 Å². The minimum atomic E-state index is -0.528. The van der Waals surface area contributed by atoms with Gasteiger partial charge >= 0.3 is 0 Å². The number of rotatable bonds is 7. The molecule has 1 rings (SSSR count). The number of amides is 2. The van der Waals surface area contributed by atoms with Gasteiger partial charge in [-0.05, 0) is 39.2 Å². The summed E-state index contributed by atoms with van der Waals surface area (Å²) < 4.78 is 13.3. The van der Waals surface area contributed by atoms with Crippen LogP contribution in [0.3, 0.4) is 0 Å². The van der Waals surface area contributed by atoms with E-state index in [1.165, 1.54) is 18.2 Å². The van der Waals surface area contributed by atoms with Crippen molar-refractivity contribution in [2.75, 3.05) is 32.5 Å². The maximum Gasteiger partial charge on any atom is 0.233 e. The van der Waals surface area contributed by atoms with Crippen LogP contribution >= 0.6 is 0 Å². The van der Waals surface area contributed by atoms with E-state index in [0.29, 0.717) is 6.54 Å². The average molecular weight is 281 g/mol. The second kappa shape index (κ2) is 8.27. The Morgan fingerprint density at radius 1 is 1.20 bits per heavy atom. The van der Waals surface area contributed by atoms with Crippen LogP contribution < -0.4 is 10.6 Å². The smallest absolute Gasteiger partial charge is 0.233 e. The highest BCUT2D eigenvalue weighted by Gasteiger charge is 2.10. The highest BCUT2D eigenvalue weighted by atomic mass is 19.1. The molecule has 1 aromatic rings. The maximum absolute atomic E-state index is 13.3. The van der Waals surface area contributed by atoms with Crippen LogP contribution in [0.4, 0.5) is 10.1 Å². The van der Waals surface area contributed by atoms with Gasteiger partial charge in [0.25, 0.3) is 0 Å². The fourth-order valence-electron chi connectivity index (χ4n) is 1.59. The molecule has 0 spiro atoms. The highest BCUT2D eigenvalue weighted by Crippen LogP contribution is 2.12. The average Bonchev–Trinajstić information content (AvgIpc) is 2.37. The third-order valence-corrected chi connectivity index (χ3v) is 2.57. The lowest BCUT2D eigenvalue weighted by atomic mass is 10.3. The number of hydrogen-bond acceptors (Lipinski definition) is 3. The lowest BCUT2D eigenvalue weighted by Gasteiger charge is -2.10. The molecule has 0 aliphatic carbocycles. The Morgan fingerprint density at radius 2 is 1.90 bits per heavy atom. The van der Waals surface area contributed by atoms with Crippen LogP contribution in [0.25, 0.3) is 0 Å².